The van der Waals surface area contributed by atoms with Gasteiger partial charge in [-0.3, -0.25) is 0 Å². The van der Waals surface area contributed by atoms with E-state index in [-0.39, 0.29) is 0 Å². The minimum absolute atomic E-state index is 0.640. The zero-order valence-electron chi connectivity index (χ0n) is 6.83. The van der Waals surface area contributed by atoms with Crippen LogP contribution in [0.25, 0.3) is 0 Å². The maximum atomic E-state index is 8.52. The fourth-order valence-electron chi connectivity index (χ4n) is 0.841. The summed E-state index contributed by atoms with van der Waals surface area (Å²) < 4.78 is 0. The Kier molecular flexibility index (Phi) is 3.84. The molecule has 3 nitrogen and oxygen atoms in total. The molecule has 56 valence electrons. The third-order valence-corrected chi connectivity index (χ3v) is 1.39. The highest BCUT2D eigenvalue weighted by atomic mass is 15.1. The maximum absolute atomic E-state index is 8.52. The van der Waals surface area contributed by atoms with Gasteiger partial charge in [-0.1, -0.05) is 6.58 Å². The van der Waals surface area contributed by atoms with Crippen molar-refractivity contribution in [2.24, 2.45) is 0 Å². The monoisotopic (exact) mass is 147 g/mol. The summed E-state index contributed by atoms with van der Waals surface area (Å²) in [5, 5.41) is 17.0. The van der Waals surface area contributed by atoms with Gasteiger partial charge in [-0.2, -0.15) is 0 Å². The normalized spacial score (nSPS) is 7.64. The van der Waals surface area contributed by atoms with Gasteiger partial charge in [0.05, 0.1) is 11.9 Å². The van der Waals surface area contributed by atoms with E-state index in [2.05, 4.69) is 6.58 Å². The van der Waals surface area contributed by atoms with E-state index in [0.717, 1.165) is 5.70 Å². The van der Waals surface area contributed by atoms with Crippen LogP contribution in [0.1, 0.15) is 13.8 Å². The number of rotatable bonds is 3. The Morgan fingerprint density at radius 2 is 2.00 bits per heavy atom. The first kappa shape index (κ1) is 9.58. The van der Waals surface area contributed by atoms with Crippen LogP contribution in [-0.4, -0.2) is 18.2 Å². The van der Waals surface area contributed by atoms with Gasteiger partial charge in [-0.15, -0.1) is 0 Å². The third-order valence-electron chi connectivity index (χ3n) is 1.39. The van der Waals surface area contributed by atoms with Gasteiger partial charge in [0.25, 0.3) is 0 Å². The van der Waals surface area contributed by atoms with Crippen LogP contribution >= 0.6 is 0 Å². The van der Waals surface area contributed by atoms with Crippen molar-refractivity contribution in [3.8, 4) is 11.9 Å². The molecule has 0 aromatic heterocycles. The van der Waals surface area contributed by atoms with Gasteiger partial charge < -0.3 is 4.81 Å². The molecule has 0 radical (unpaired) electrons. The highest BCUT2D eigenvalue weighted by Gasteiger charge is 2.21. The summed E-state index contributed by atoms with van der Waals surface area (Å²) in [4.78, 5) is 1.65. The van der Waals surface area contributed by atoms with Crippen LogP contribution in [0.15, 0.2) is 12.3 Å². The standard InChI is InChI=1S/C7H10BN3/c1-4-11(7(2)3)8(5-9)6-10/h2,4H2,1,3H3. The smallest absolute Gasteiger partial charge is 0.394 e. The molecular weight excluding hydrogens is 137 g/mol. The van der Waals surface area contributed by atoms with E-state index in [1.54, 1.807) is 11.7 Å². The minimum atomic E-state index is -0.697. The van der Waals surface area contributed by atoms with Gasteiger partial charge in [0, 0.05) is 6.54 Å². The zero-order chi connectivity index (χ0) is 8.85. The van der Waals surface area contributed by atoms with Crippen molar-refractivity contribution in [1.82, 2.24) is 4.81 Å². The summed E-state index contributed by atoms with van der Waals surface area (Å²) in [5.41, 5.74) is 0.751. The van der Waals surface area contributed by atoms with Crippen molar-refractivity contribution in [3.05, 3.63) is 12.3 Å². The average molecular weight is 147 g/mol. The van der Waals surface area contributed by atoms with Gasteiger partial charge in [0.1, 0.15) is 0 Å². The number of allylic oxidation sites excluding steroid dienone is 1. The number of hydrogen-bond donors (Lipinski definition) is 0. The fourth-order valence-corrected chi connectivity index (χ4v) is 0.841. The molecule has 0 aromatic rings. The van der Waals surface area contributed by atoms with Crippen LogP contribution in [0.3, 0.4) is 0 Å². The molecule has 0 aromatic carbocycles. The van der Waals surface area contributed by atoms with Crippen LogP contribution in [0.2, 0.25) is 0 Å². The van der Waals surface area contributed by atoms with E-state index < -0.39 is 6.85 Å². The lowest BCUT2D eigenvalue weighted by molar-refractivity contribution is 0.573. The van der Waals surface area contributed by atoms with Crippen LogP contribution in [0, 0.1) is 22.5 Å². The van der Waals surface area contributed by atoms with Gasteiger partial charge in [0.2, 0.25) is 0 Å². The van der Waals surface area contributed by atoms with Crippen LogP contribution in [0.4, 0.5) is 0 Å². The molecule has 0 saturated carbocycles. The molecule has 0 atom stereocenters. The lowest BCUT2D eigenvalue weighted by atomic mass is 9.64. The molecule has 0 spiro atoms. The quantitative estimate of drug-likeness (QED) is 0.558. The third kappa shape index (κ3) is 2.35. The second kappa shape index (κ2) is 4.41. The zero-order valence-corrected chi connectivity index (χ0v) is 6.83. The van der Waals surface area contributed by atoms with E-state index in [0.29, 0.717) is 6.54 Å². The molecule has 11 heavy (non-hydrogen) atoms. The van der Waals surface area contributed by atoms with Crippen LogP contribution in [0.5, 0.6) is 0 Å². The number of hydrogen-bond acceptors (Lipinski definition) is 3. The van der Waals surface area contributed by atoms with Crippen molar-refractivity contribution < 1.29 is 0 Å². The Morgan fingerprint density at radius 1 is 1.55 bits per heavy atom. The second-order valence-electron chi connectivity index (χ2n) is 2.18. The molecule has 0 aliphatic heterocycles. The van der Waals surface area contributed by atoms with Gasteiger partial charge in [-0.05, 0) is 19.5 Å². The predicted octanol–water partition coefficient (Wildman–Crippen LogP) is 0.959. The Bertz CT molecular complexity index is 209. The van der Waals surface area contributed by atoms with Crippen molar-refractivity contribution >= 4 is 6.85 Å². The first-order chi connectivity index (χ1) is 5.17. The summed E-state index contributed by atoms with van der Waals surface area (Å²) >= 11 is 0. The van der Waals surface area contributed by atoms with Crippen LogP contribution < -0.4 is 0 Å². The van der Waals surface area contributed by atoms with Crippen molar-refractivity contribution in [3.63, 3.8) is 0 Å². The molecule has 0 aliphatic rings. The topological polar surface area (TPSA) is 50.8 Å². The minimum Gasteiger partial charge on any atom is -0.394 e. The summed E-state index contributed by atoms with van der Waals surface area (Å²) in [5.74, 6) is 3.78. The fraction of sp³-hybridized carbons (Fsp3) is 0.429. The molecule has 0 aliphatic carbocycles. The largest absolute Gasteiger partial charge is 0.492 e. The summed E-state index contributed by atoms with van der Waals surface area (Å²) in [6.07, 6.45) is 0. The van der Waals surface area contributed by atoms with E-state index >= 15 is 0 Å². The highest BCUT2D eigenvalue weighted by Crippen LogP contribution is 2.01. The lowest BCUT2D eigenvalue weighted by Gasteiger charge is -2.20. The molecular formula is C7H10BN3. The summed E-state index contributed by atoms with van der Waals surface area (Å²) in [7, 11) is 0. The van der Waals surface area contributed by atoms with Crippen molar-refractivity contribution in [1.29, 1.82) is 10.5 Å². The summed E-state index contributed by atoms with van der Waals surface area (Å²) in [6.45, 7) is 7.28. The Hall–Kier alpha value is -1.42. The molecule has 0 amide bonds. The summed E-state index contributed by atoms with van der Waals surface area (Å²) in [6, 6.07) is 0. The first-order valence-electron chi connectivity index (χ1n) is 3.38. The first-order valence-corrected chi connectivity index (χ1v) is 3.38. The molecule has 0 saturated heterocycles. The maximum Gasteiger partial charge on any atom is 0.492 e. The molecule has 0 rings (SSSR count). The van der Waals surface area contributed by atoms with Crippen LogP contribution in [-0.2, 0) is 0 Å². The molecule has 0 heterocycles. The molecule has 0 unspecified atom stereocenters. The van der Waals surface area contributed by atoms with Gasteiger partial charge in [0.15, 0.2) is 0 Å². The predicted molar refractivity (Wildman–Crippen MR) is 44.2 cm³/mol. The molecule has 4 heteroatoms. The number of nitrogens with zero attached hydrogens (tertiary/aromatic N) is 3. The Labute approximate surface area is 67.6 Å². The van der Waals surface area contributed by atoms with E-state index in [4.69, 9.17) is 10.5 Å². The van der Waals surface area contributed by atoms with Gasteiger partial charge >= 0.3 is 6.85 Å². The van der Waals surface area contributed by atoms with E-state index in [9.17, 15) is 0 Å². The van der Waals surface area contributed by atoms with E-state index in [1.165, 1.54) is 0 Å². The SMILES string of the molecule is C=C(C)N(CC)B(C#N)C#N. The molecule has 0 fully saturated rings. The average Bonchev–Trinajstić information content (AvgIpc) is 1.99. The Balaban J connectivity index is 4.40. The Morgan fingerprint density at radius 3 is 2.09 bits per heavy atom. The van der Waals surface area contributed by atoms with Gasteiger partial charge in [-0.25, -0.2) is 10.5 Å². The molecule has 0 bridgehead atoms. The second-order valence-corrected chi connectivity index (χ2v) is 2.18. The number of nitriles is 2. The van der Waals surface area contributed by atoms with Crippen molar-refractivity contribution in [2.75, 3.05) is 6.54 Å². The molecule has 0 N–H and O–H groups in total. The lowest BCUT2D eigenvalue weighted by Crippen LogP contribution is -2.35. The highest BCUT2D eigenvalue weighted by molar-refractivity contribution is 6.72. The van der Waals surface area contributed by atoms with E-state index in [1.807, 2.05) is 18.9 Å². The van der Waals surface area contributed by atoms with Crippen molar-refractivity contribution in [2.45, 2.75) is 13.8 Å².